The van der Waals surface area contributed by atoms with Gasteiger partial charge in [0.25, 0.3) is 5.56 Å². The number of hydrogen-bond acceptors (Lipinski definition) is 8. The maximum Gasteiger partial charge on any atom is 0.271 e. The monoisotopic (exact) mass is 595 g/mol. The largest absolute Gasteiger partial charge is 0.488 e. The molecule has 0 aliphatic carbocycles. The van der Waals surface area contributed by atoms with Gasteiger partial charge in [-0.2, -0.15) is 5.26 Å². The Morgan fingerprint density at radius 3 is 2.74 bits per heavy atom. The Kier molecular flexibility index (Phi) is 7.81. The minimum Gasteiger partial charge on any atom is -0.488 e. The maximum atomic E-state index is 15.1. The van der Waals surface area contributed by atoms with Gasteiger partial charge in [-0.1, -0.05) is 18.2 Å². The number of piperazine rings is 1. The molecule has 4 N–H and O–H groups in total. The molecule has 1 saturated heterocycles. The average molecular weight is 596 g/mol. The molecule has 2 atom stereocenters. The summed E-state index contributed by atoms with van der Waals surface area (Å²) < 4.78 is 36.5. The van der Waals surface area contributed by atoms with Crippen molar-refractivity contribution in [3.8, 4) is 22.9 Å². The van der Waals surface area contributed by atoms with Crippen molar-refractivity contribution in [2.45, 2.75) is 19.0 Å². The molecule has 3 heterocycles. The van der Waals surface area contributed by atoms with E-state index in [0.29, 0.717) is 30.7 Å². The van der Waals surface area contributed by atoms with Crippen LogP contribution in [0.15, 0.2) is 54.1 Å². The molecule has 42 heavy (non-hydrogen) atoms. The normalized spacial score (nSPS) is 18.2. The van der Waals surface area contributed by atoms with Gasteiger partial charge < -0.3 is 25.3 Å². The van der Waals surface area contributed by atoms with Crippen molar-refractivity contribution in [3.63, 3.8) is 0 Å². The first-order valence-electron chi connectivity index (χ1n) is 13.1. The fourth-order valence-electron chi connectivity index (χ4n) is 5.75. The molecule has 1 fully saturated rings. The number of amides is 1. The second-order valence-corrected chi connectivity index (χ2v) is 10.5. The molecule has 10 nitrogen and oxygen atoms in total. The number of carbonyl (C=O) groups is 1. The van der Waals surface area contributed by atoms with E-state index < -0.39 is 23.2 Å². The fourth-order valence-corrected chi connectivity index (χ4v) is 6.04. The third kappa shape index (κ3) is 4.80. The Balaban J connectivity index is 1.82. The first-order valence-corrected chi connectivity index (χ1v) is 13.5. The number of nitrogens with zero attached hydrogens (tertiary/aromatic N) is 5. The molecule has 218 valence electrons. The highest BCUT2D eigenvalue weighted by Gasteiger charge is 2.36. The first-order chi connectivity index (χ1) is 20.1. The number of carbonyl (C=O) groups excluding carboxylic acids is 1. The van der Waals surface area contributed by atoms with Crippen LogP contribution >= 0.6 is 11.6 Å². The van der Waals surface area contributed by atoms with Gasteiger partial charge in [-0.15, -0.1) is 0 Å². The fraction of sp³-hybridized carbons (Fsp3) is 0.276. The average Bonchev–Trinajstić information content (AvgIpc) is 2.95. The van der Waals surface area contributed by atoms with E-state index in [-0.39, 0.29) is 58.1 Å². The number of hydrogen-bond donors (Lipinski definition) is 2. The second-order valence-electron chi connectivity index (χ2n) is 10.1. The van der Waals surface area contributed by atoms with Crippen molar-refractivity contribution in [2.75, 3.05) is 37.7 Å². The van der Waals surface area contributed by atoms with Gasteiger partial charge in [-0.3, -0.25) is 14.2 Å². The Hall–Kier alpha value is -4.60. The summed E-state index contributed by atoms with van der Waals surface area (Å²) in [5.74, 6) is 4.33. The van der Waals surface area contributed by atoms with Gasteiger partial charge in [-0.25, -0.2) is 14.6 Å². The zero-order valence-electron chi connectivity index (χ0n) is 22.7. The standard InChI is InChI=1S/C29H28ClF2N7O3/c1-3-24(40)36-8-9-38(16(2)13-36)26-20-11-22(30)25(19-5-4-17(31)10-23(19)32)28-27(20)39(29(41)21(26)12-34)18(15-42-28)14-37(35)7-6-33/h3-7,10-11,16,18H,1,8-9,13-15,33,35H2,2H3/b7-6-. The Morgan fingerprint density at radius 1 is 1.33 bits per heavy atom. The van der Waals surface area contributed by atoms with Gasteiger partial charge in [0.15, 0.2) is 5.75 Å². The molecular weight excluding hydrogens is 568 g/mol. The quantitative estimate of drug-likeness (QED) is 0.252. The van der Waals surface area contributed by atoms with Gasteiger partial charge in [0, 0.05) is 60.7 Å². The van der Waals surface area contributed by atoms with E-state index in [9.17, 15) is 19.2 Å². The number of aromatic nitrogens is 1. The minimum atomic E-state index is -0.862. The van der Waals surface area contributed by atoms with E-state index in [0.717, 1.165) is 12.1 Å². The molecule has 0 radical (unpaired) electrons. The molecule has 1 amide bonds. The Bertz CT molecular complexity index is 1740. The predicted molar refractivity (Wildman–Crippen MR) is 156 cm³/mol. The Morgan fingerprint density at radius 2 is 2.10 bits per heavy atom. The smallest absolute Gasteiger partial charge is 0.271 e. The highest BCUT2D eigenvalue weighted by Crippen LogP contribution is 2.48. The number of benzene rings is 2. The molecular formula is C29H28ClF2N7O3. The van der Waals surface area contributed by atoms with Crippen LogP contribution in [0.3, 0.4) is 0 Å². The number of nitriles is 1. The minimum absolute atomic E-state index is 0.0157. The number of pyridine rings is 1. The summed E-state index contributed by atoms with van der Waals surface area (Å²) in [7, 11) is 0. The summed E-state index contributed by atoms with van der Waals surface area (Å²) in [6.45, 7) is 6.43. The molecule has 2 aliphatic heterocycles. The predicted octanol–water partition coefficient (Wildman–Crippen LogP) is 3.23. The summed E-state index contributed by atoms with van der Waals surface area (Å²) in [5, 5.41) is 12.1. The number of ether oxygens (including phenoxy) is 1. The van der Waals surface area contributed by atoms with E-state index in [4.69, 9.17) is 27.9 Å². The molecule has 1 aromatic heterocycles. The van der Waals surface area contributed by atoms with E-state index in [1.807, 2.05) is 11.8 Å². The third-order valence-corrected chi connectivity index (χ3v) is 7.87. The number of hydrazine groups is 1. The van der Waals surface area contributed by atoms with Crippen LogP contribution in [0.5, 0.6) is 5.75 Å². The van der Waals surface area contributed by atoms with Gasteiger partial charge in [0.2, 0.25) is 5.91 Å². The molecule has 0 bridgehead atoms. The Labute approximate surface area is 245 Å². The van der Waals surface area contributed by atoms with Gasteiger partial charge in [0.1, 0.15) is 29.9 Å². The topological polar surface area (TPSA) is 134 Å². The summed E-state index contributed by atoms with van der Waals surface area (Å²) in [6.07, 6.45) is 3.91. The lowest BCUT2D eigenvalue weighted by Crippen LogP contribution is -2.54. The summed E-state index contributed by atoms with van der Waals surface area (Å²) >= 11 is 6.79. The van der Waals surface area contributed by atoms with Crippen LogP contribution in [0.25, 0.3) is 22.0 Å². The number of halogens is 3. The highest BCUT2D eigenvalue weighted by molar-refractivity contribution is 6.35. The first kappa shape index (κ1) is 28.9. The highest BCUT2D eigenvalue weighted by atomic mass is 35.5. The molecule has 5 rings (SSSR count). The SMILES string of the molecule is C=CC(=O)N1CCN(c2c(C#N)c(=O)n3c4c(c(-c5ccc(F)cc5F)c(Cl)cc24)OCC3CN(N)/C=C\N)C(C)C1. The van der Waals surface area contributed by atoms with Crippen molar-refractivity contribution >= 4 is 34.1 Å². The van der Waals surface area contributed by atoms with E-state index in [2.05, 4.69) is 12.6 Å². The van der Waals surface area contributed by atoms with Crippen molar-refractivity contribution < 1.29 is 18.3 Å². The van der Waals surface area contributed by atoms with Gasteiger partial charge in [-0.05, 0) is 31.2 Å². The lowest BCUT2D eigenvalue weighted by Gasteiger charge is -2.42. The van der Waals surface area contributed by atoms with Crippen molar-refractivity contribution in [3.05, 3.63) is 81.9 Å². The van der Waals surface area contributed by atoms with Crippen LogP contribution in [0.4, 0.5) is 14.5 Å². The molecule has 0 spiro atoms. The summed E-state index contributed by atoms with van der Waals surface area (Å²) in [6, 6.07) is 5.78. The van der Waals surface area contributed by atoms with E-state index in [1.165, 1.54) is 34.1 Å². The molecule has 3 aromatic rings. The third-order valence-electron chi connectivity index (χ3n) is 7.57. The van der Waals surface area contributed by atoms with Crippen LogP contribution in [-0.2, 0) is 4.79 Å². The van der Waals surface area contributed by atoms with Crippen molar-refractivity contribution in [1.29, 1.82) is 5.26 Å². The van der Waals surface area contributed by atoms with Crippen LogP contribution in [0, 0.1) is 23.0 Å². The van der Waals surface area contributed by atoms with Gasteiger partial charge in [0.05, 0.1) is 28.8 Å². The van der Waals surface area contributed by atoms with Crippen LogP contribution in [0.2, 0.25) is 5.02 Å². The summed E-state index contributed by atoms with van der Waals surface area (Å²) in [5.41, 5.74) is 5.52. The van der Waals surface area contributed by atoms with Crippen LogP contribution in [-0.4, -0.2) is 59.2 Å². The maximum absolute atomic E-state index is 15.1. The van der Waals surface area contributed by atoms with Crippen LogP contribution in [0.1, 0.15) is 18.5 Å². The summed E-state index contributed by atoms with van der Waals surface area (Å²) in [4.78, 5) is 30.0. The zero-order valence-corrected chi connectivity index (χ0v) is 23.4. The number of nitrogens with two attached hydrogens (primary N) is 2. The molecule has 2 aromatic carbocycles. The van der Waals surface area contributed by atoms with E-state index in [1.54, 1.807) is 11.0 Å². The lowest BCUT2D eigenvalue weighted by atomic mass is 9.96. The number of rotatable bonds is 6. The van der Waals surface area contributed by atoms with Crippen molar-refractivity contribution in [1.82, 2.24) is 14.5 Å². The molecule has 13 heteroatoms. The zero-order chi connectivity index (χ0) is 30.3. The van der Waals surface area contributed by atoms with Crippen LogP contribution < -0.4 is 26.8 Å². The molecule has 2 aliphatic rings. The van der Waals surface area contributed by atoms with Gasteiger partial charge >= 0.3 is 0 Å². The van der Waals surface area contributed by atoms with E-state index >= 15 is 4.39 Å². The van der Waals surface area contributed by atoms with Crippen molar-refractivity contribution in [2.24, 2.45) is 11.6 Å². The molecule has 2 unspecified atom stereocenters. The number of anilines is 1. The second kappa shape index (κ2) is 11.3. The molecule has 0 saturated carbocycles. The lowest BCUT2D eigenvalue weighted by molar-refractivity contribution is -0.126.